The van der Waals surface area contributed by atoms with Crippen molar-refractivity contribution in [3.8, 4) is 5.75 Å². The highest BCUT2D eigenvalue weighted by Gasteiger charge is 2.08. The Balaban J connectivity index is 2.17. The summed E-state index contributed by atoms with van der Waals surface area (Å²) in [5.74, 6) is 1.37. The lowest BCUT2D eigenvalue weighted by Gasteiger charge is -2.15. The molecule has 0 heterocycles. The zero-order chi connectivity index (χ0) is 14.7. The molecule has 0 aliphatic carbocycles. The Kier molecular flexibility index (Phi) is 4.56. The lowest BCUT2D eigenvalue weighted by Crippen LogP contribution is -2.01. The zero-order valence-electron chi connectivity index (χ0n) is 12.1. The standard InChI is InChI=1S/C17H20ClNO/c1-11(2)14-6-4-12(3)8-17(14)20-10-13-5-7-15(18)16(19)9-13/h4-9,11H,10,19H2,1-3H3. The third-order valence-electron chi connectivity index (χ3n) is 3.25. The van der Waals surface area contributed by atoms with Crippen LogP contribution in [-0.2, 0) is 6.61 Å². The lowest BCUT2D eigenvalue weighted by atomic mass is 10.0. The van der Waals surface area contributed by atoms with Crippen LogP contribution in [0.2, 0.25) is 5.02 Å². The molecular formula is C17H20ClNO. The van der Waals surface area contributed by atoms with Crippen molar-refractivity contribution >= 4 is 17.3 Å². The summed E-state index contributed by atoms with van der Waals surface area (Å²) in [6.07, 6.45) is 0. The van der Waals surface area contributed by atoms with E-state index in [4.69, 9.17) is 22.1 Å². The fourth-order valence-electron chi connectivity index (χ4n) is 2.09. The fraction of sp³-hybridized carbons (Fsp3) is 0.294. The molecule has 2 N–H and O–H groups in total. The van der Waals surface area contributed by atoms with Crippen LogP contribution in [-0.4, -0.2) is 0 Å². The fourth-order valence-corrected chi connectivity index (χ4v) is 2.21. The Labute approximate surface area is 125 Å². The van der Waals surface area contributed by atoms with Crippen LogP contribution in [0.15, 0.2) is 36.4 Å². The molecule has 0 fully saturated rings. The highest BCUT2D eigenvalue weighted by atomic mass is 35.5. The van der Waals surface area contributed by atoms with Crippen molar-refractivity contribution in [2.24, 2.45) is 0 Å². The second-order valence-corrected chi connectivity index (χ2v) is 5.75. The minimum Gasteiger partial charge on any atom is -0.489 e. The second kappa shape index (κ2) is 6.19. The molecule has 0 amide bonds. The van der Waals surface area contributed by atoms with Crippen molar-refractivity contribution in [3.63, 3.8) is 0 Å². The van der Waals surface area contributed by atoms with Gasteiger partial charge in [-0.3, -0.25) is 0 Å². The highest BCUT2D eigenvalue weighted by Crippen LogP contribution is 2.28. The minimum absolute atomic E-state index is 0.431. The number of hydrogen-bond acceptors (Lipinski definition) is 2. The van der Waals surface area contributed by atoms with Crippen molar-refractivity contribution < 1.29 is 4.74 Å². The molecule has 0 aliphatic rings. The molecule has 106 valence electrons. The van der Waals surface area contributed by atoms with E-state index in [1.54, 1.807) is 6.07 Å². The number of nitrogens with two attached hydrogens (primary N) is 1. The van der Waals surface area contributed by atoms with Gasteiger partial charge in [-0.2, -0.15) is 0 Å². The van der Waals surface area contributed by atoms with Gasteiger partial charge in [0, 0.05) is 0 Å². The Morgan fingerprint density at radius 3 is 2.55 bits per heavy atom. The number of hydrogen-bond donors (Lipinski definition) is 1. The first-order chi connectivity index (χ1) is 9.47. The van der Waals surface area contributed by atoms with E-state index in [-0.39, 0.29) is 0 Å². The maximum atomic E-state index is 5.96. The van der Waals surface area contributed by atoms with Gasteiger partial charge in [0.15, 0.2) is 0 Å². The molecule has 0 bridgehead atoms. The van der Waals surface area contributed by atoms with E-state index in [1.165, 1.54) is 11.1 Å². The SMILES string of the molecule is Cc1ccc(C(C)C)c(OCc2ccc(Cl)c(N)c2)c1. The van der Waals surface area contributed by atoms with Gasteiger partial charge in [0.05, 0.1) is 10.7 Å². The molecule has 2 aromatic carbocycles. The average molecular weight is 290 g/mol. The largest absolute Gasteiger partial charge is 0.489 e. The quantitative estimate of drug-likeness (QED) is 0.810. The van der Waals surface area contributed by atoms with E-state index in [0.29, 0.717) is 23.2 Å². The molecule has 3 heteroatoms. The minimum atomic E-state index is 0.431. The number of rotatable bonds is 4. The summed E-state index contributed by atoms with van der Waals surface area (Å²) in [5.41, 5.74) is 9.82. The molecule has 0 aromatic heterocycles. The number of ether oxygens (including phenoxy) is 1. The van der Waals surface area contributed by atoms with Gasteiger partial charge in [-0.05, 0) is 47.7 Å². The Bertz CT molecular complexity index is 608. The Morgan fingerprint density at radius 2 is 1.90 bits per heavy atom. The molecule has 0 atom stereocenters. The van der Waals surface area contributed by atoms with Crippen molar-refractivity contribution in [2.45, 2.75) is 33.3 Å². The number of anilines is 1. The predicted octanol–water partition coefficient (Wildman–Crippen LogP) is 4.93. The molecule has 20 heavy (non-hydrogen) atoms. The summed E-state index contributed by atoms with van der Waals surface area (Å²) in [4.78, 5) is 0. The normalized spacial score (nSPS) is 10.8. The number of nitrogen functional groups attached to an aromatic ring is 1. The number of aryl methyl sites for hydroxylation is 1. The number of benzene rings is 2. The van der Waals surface area contributed by atoms with E-state index in [0.717, 1.165) is 11.3 Å². The maximum Gasteiger partial charge on any atom is 0.123 e. The van der Waals surface area contributed by atoms with Gasteiger partial charge in [0.25, 0.3) is 0 Å². The summed E-state index contributed by atoms with van der Waals surface area (Å²) in [5, 5.41) is 0.576. The van der Waals surface area contributed by atoms with Crippen LogP contribution in [0, 0.1) is 6.92 Å². The van der Waals surface area contributed by atoms with E-state index in [9.17, 15) is 0 Å². The third kappa shape index (κ3) is 3.45. The van der Waals surface area contributed by atoms with E-state index in [2.05, 4.69) is 39.0 Å². The Hall–Kier alpha value is -1.67. The van der Waals surface area contributed by atoms with Gasteiger partial charge >= 0.3 is 0 Å². The summed E-state index contributed by atoms with van der Waals surface area (Å²) < 4.78 is 5.96. The van der Waals surface area contributed by atoms with Crippen LogP contribution in [0.1, 0.15) is 36.5 Å². The highest BCUT2D eigenvalue weighted by molar-refractivity contribution is 6.33. The van der Waals surface area contributed by atoms with Gasteiger partial charge in [0.1, 0.15) is 12.4 Å². The van der Waals surface area contributed by atoms with Gasteiger partial charge in [0.2, 0.25) is 0 Å². The molecule has 0 saturated heterocycles. The molecule has 0 radical (unpaired) electrons. The molecule has 2 rings (SSSR count). The third-order valence-corrected chi connectivity index (χ3v) is 3.59. The second-order valence-electron chi connectivity index (χ2n) is 5.34. The van der Waals surface area contributed by atoms with Crippen LogP contribution in [0.5, 0.6) is 5.75 Å². The molecule has 0 saturated carbocycles. The van der Waals surface area contributed by atoms with Gasteiger partial charge in [-0.1, -0.05) is 43.6 Å². The average Bonchev–Trinajstić information content (AvgIpc) is 2.40. The molecule has 0 spiro atoms. The van der Waals surface area contributed by atoms with Gasteiger partial charge in [-0.15, -0.1) is 0 Å². The smallest absolute Gasteiger partial charge is 0.123 e. The molecule has 0 aliphatic heterocycles. The van der Waals surface area contributed by atoms with Gasteiger partial charge < -0.3 is 10.5 Å². The number of halogens is 1. The Morgan fingerprint density at radius 1 is 1.15 bits per heavy atom. The maximum absolute atomic E-state index is 5.96. The van der Waals surface area contributed by atoms with Crippen LogP contribution in [0.25, 0.3) is 0 Å². The van der Waals surface area contributed by atoms with Crippen molar-refractivity contribution in [1.82, 2.24) is 0 Å². The van der Waals surface area contributed by atoms with Crippen molar-refractivity contribution in [1.29, 1.82) is 0 Å². The van der Waals surface area contributed by atoms with Crippen LogP contribution in [0.4, 0.5) is 5.69 Å². The van der Waals surface area contributed by atoms with Gasteiger partial charge in [-0.25, -0.2) is 0 Å². The zero-order valence-corrected chi connectivity index (χ0v) is 12.9. The first kappa shape index (κ1) is 14.7. The van der Waals surface area contributed by atoms with Crippen molar-refractivity contribution in [3.05, 3.63) is 58.1 Å². The van der Waals surface area contributed by atoms with E-state index < -0.39 is 0 Å². The van der Waals surface area contributed by atoms with Crippen LogP contribution in [0.3, 0.4) is 0 Å². The lowest BCUT2D eigenvalue weighted by molar-refractivity contribution is 0.301. The molecular weight excluding hydrogens is 270 g/mol. The van der Waals surface area contributed by atoms with E-state index >= 15 is 0 Å². The molecule has 0 unspecified atom stereocenters. The predicted molar refractivity (Wildman–Crippen MR) is 85.5 cm³/mol. The first-order valence-electron chi connectivity index (χ1n) is 6.74. The van der Waals surface area contributed by atoms with Crippen LogP contribution < -0.4 is 10.5 Å². The monoisotopic (exact) mass is 289 g/mol. The van der Waals surface area contributed by atoms with Crippen LogP contribution >= 0.6 is 11.6 Å². The summed E-state index contributed by atoms with van der Waals surface area (Å²) in [6, 6.07) is 11.9. The van der Waals surface area contributed by atoms with E-state index in [1.807, 2.05) is 12.1 Å². The summed E-state index contributed by atoms with van der Waals surface area (Å²) >= 11 is 5.92. The van der Waals surface area contributed by atoms with Crippen molar-refractivity contribution in [2.75, 3.05) is 5.73 Å². The summed E-state index contributed by atoms with van der Waals surface area (Å²) in [6.45, 7) is 6.89. The molecule has 2 nitrogen and oxygen atoms in total. The topological polar surface area (TPSA) is 35.2 Å². The first-order valence-corrected chi connectivity index (χ1v) is 7.12. The summed E-state index contributed by atoms with van der Waals surface area (Å²) in [7, 11) is 0. The molecule has 2 aromatic rings.